The topological polar surface area (TPSA) is 20.3 Å². The number of benzene rings is 1. The van der Waals surface area contributed by atoms with Crippen LogP contribution in [0.1, 0.15) is 37.7 Å². The third-order valence-electron chi connectivity index (χ3n) is 4.40. The van der Waals surface area contributed by atoms with Crippen LogP contribution in [0, 0.1) is 0 Å². The Kier molecular flexibility index (Phi) is 5.11. The van der Waals surface area contributed by atoms with Crippen LogP contribution in [-0.4, -0.2) is 30.3 Å². The number of carbonyl (C=O) groups excluding carboxylic acids is 1. The van der Waals surface area contributed by atoms with Gasteiger partial charge in [-0.15, -0.1) is 0 Å². The van der Waals surface area contributed by atoms with Crippen molar-refractivity contribution in [1.29, 1.82) is 0 Å². The summed E-state index contributed by atoms with van der Waals surface area (Å²) in [6.45, 7) is 0. The van der Waals surface area contributed by atoms with E-state index in [4.69, 9.17) is 23.2 Å². The van der Waals surface area contributed by atoms with Crippen LogP contribution in [-0.2, 0) is 11.2 Å². The number of halogens is 2. The minimum Gasteiger partial charge on any atom is -0.297 e. The average Bonchev–Trinajstić information content (AvgIpc) is 2.43. The third kappa shape index (κ3) is 3.19. The first-order valence-electron chi connectivity index (χ1n) is 7.10. The van der Waals surface area contributed by atoms with Crippen LogP contribution < -0.4 is 0 Å². The van der Waals surface area contributed by atoms with Gasteiger partial charge >= 0.3 is 0 Å². The number of nitrogens with zero attached hydrogens (tertiary/aromatic N) is 1. The average molecular weight is 314 g/mol. The molecule has 1 fully saturated rings. The number of ketones is 1. The van der Waals surface area contributed by atoms with Crippen molar-refractivity contribution in [3.8, 4) is 0 Å². The molecule has 2 nitrogen and oxygen atoms in total. The zero-order chi connectivity index (χ0) is 14.8. The van der Waals surface area contributed by atoms with Crippen LogP contribution in [0.4, 0.5) is 0 Å². The number of hydrogen-bond acceptors (Lipinski definition) is 2. The lowest BCUT2D eigenvalue weighted by atomic mass is 9.76. The lowest BCUT2D eigenvalue weighted by Gasteiger charge is -2.41. The Labute approximate surface area is 131 Å². The molecule has 0 amide bonds. The van der Waals surface area contributed by atoms with Crippen molar-refractivity contribution in [1.82, 2.24) is 4.90 Å². The van der Waals surface area contributed by atoms with E-state index in [9.17, 15) is 4.79 Å². The predicted octanol–water partition coefficient (Wildman–Crippen LogP) is 4.37. The highest BCUT2D eigenvalue weighted by Gasteiger charge is 2.40. The Bertz CT molecular complexity index is 493. The maximum atomic E-state index is 12.8. The predicted molar refractivity (Wildman–Crippen MR) is 84.7 cm³/mol. The maximum Gasteiger partial charge on any atom is 0.157 e. The van der Waals surface area contributed by atoms with Gasteiger partial charge in [-0.1, -0.05) is 48.5 Å². The molecule has 0 bridgehead atoms. The lowest BCUT2D eigenvalue weighted by Crippen LogP contribution is -2.53. The molecule has 0 atom stereocenters. The molecule has 1 aromatic rings. The smallest absolute Gasteiger partial charge is 0.157 e. The minimum atomic E-state index is -0.301. The van der Waals surface area contributed by atoms with E-state index in [-0.39, 0.29) is 5.54 Å². The highest BCUT2D eigenvalue weighted by molar-refractivity contribution is 6.42. The van der Waals surface area contributed by atoms with Crippen LogP contribution in [0.15, 0.2) is 18.2 Å². The summed E-state index contributed by atoms with van der Waals surface area (Å²) >= 11 is 11.9. The van der Waals surface area contributed by atoms with Crippen LogP contribution in [0.3, 0.4) is 0 Å². The molecule has 0 N–H and O–H groups in total. The standard InChI is InChI=1S/C16H21Cl2NO/c1-19(2)16(8-4-3-5-9-16)15(20)11-12-6-7-13(17)14(18)10-12/h6-7,10H,3-5,8-9,11H2,1-2H3. The van der Waals surface area contributed by atoms with Crippen molar-refractivity contribution in [2.24, 2.45) is 0 Å². The van der Waals surface area contributed by atoms with Crippen molar-refractivity contribution < 1.29 is 4.79 Å². The van der Waals surface area contributed by atoms with Crippen LogP contribution >= 0.6 is 23.2 Å². The molecule has 0 spiro atoms. The van der Waals surface area contributed by atoms with Crippen molar-refractivity contribution in [3.05, 3.63) is 33.8 Å². The summed E-state index contributed by atoms with van der Waals surface area (Å²) in [6.07, 6.45) is 5.83. The molecule has 4 heteroatoms. The van der Waals surface area contributed by atoms with E-state index >= 15 is 0 Å². The fourth-order valence-corrected chi connectivity index (χ4v) is 3.43. The Balaban J connectivity index is 2.18. The summed E-state index contributed by atoms with van der Waals surface area (Å²) in [5.41, 5.74) is 0.640. The molecule has 1 saturated carbocycles. The number of likely N-dealkylation sites (N-methyl/N-ethyl adjacent to an activating group) is 1. The molecule has 0 radical (unpaired) electrons. The molecule has 1 aliphatic carbocycles. The van der Waals surface area contributed by atoms with Gasteiger partial charge in [-0.2, -0.15) is 0 Å². The molecule has 1 aliphatic rings. The molecule has 0 aliphatic heterocycles. The van der Waals surface area contributed by atoms with Crippen molar-refractivity contribution in [3.63, 3.8) is 0 Å². The SMILES string of the molecule is CN(C)C1(C(=O)Cc2ccc(Cl)c(Cl)c2)CCCCC1. The zero-order valence-corrected chi connectivity index (χ0v) is 13.6. The molecular formula is C16H21Cl2NO. The zero-order valence-electron chi connectivity index (χ0n) is 12.1. The second-order valence-corrected chi connectivity index (χ2v) is 6.65. The maximum absolute atomic E-state index is 12.8. The van der Waals surface area contributed by atoms with E-state index in [2.05, 4.69) is 4.90 Å². The summed E-state index contributed by atoms with van der Waals surface area (Å²) < 4.78 is 0. The van der Waals surface area contributed by atoms with Crippen LogP contribution in [0.2, 0.25) is 10.0 Å². The van der Waals surface area contributed by atoms with Crippen molar-refractivity contribution >= 4 is 29.0 Å². The monoisotopic (exact) mass is 313 g/mol. The number of Topliss-reactive ketones (excluding diaryl/α,β-unsaturated/α-hetero) is 1. The van der Waals surface area contributed by atoms with E-state index in [1.165, 1.54) is 6.42 Å². The van der Waals surface area contributed by atoms with Crippen LogP contribution in [0.25, 0.3) is 0 Å². The van der Waals surface area contributed by atoms with Gasteiger partial charge in [0, 0.05) is 6.42 Å². The highest BCUT2D eigenvalue weighted by Crippen LogP contribution is 2.34. The molecule has 0 unspecified atom stereocenters. The van der Waals surface area contributed by atoms with E-state index < -0.39 is 0 Å². The summed E-state index contributed by atoms with van der Waals surface area (Å²) in [6, 6.07) is 5.45. The van der Waals surface area contributed by atoms with Gasteiger partial charge in [0.2, 0.25) is 0 Å². The Hall–Kier alpha value is -0.570. The first-order valence-corrected chi connectivity index (χ1v) is 7.86. The summed E-state index contributed by atoms with van der Waals surface area (Å²) in [4.78, 5) is 14.9. The molecule has 0 heterocycles. The van der Waals surface area contributed by atoms with Gasteiger partial charge in [0.05, 0.1) is 15.6 Å². The Morgan fingerprint density at radius 2 is 1.80 bits per heavy atom. The van der Waals surface area contributed by atoms with Gasteiger partial charge < -0.3 is 0 Å². The van der Waals surface area contributed by atoms with Gasteiger partial charge in [-0.25, -0.2) is 0 Å². The largest absolute Gasteiger partial charge is 0.297 e. The molecule has 2 rings (SSSR count). The van der Waals surface area contributed by atoms with Gasteiger partial charge in [-0.05, 0) is 44.6 Å². The molecule has 0 aromatic heterocycles. The second-order valence-electron chi connectivity index (χ2n) is 5.84. The first kappa shape index (κ1) is 15.8. The Morgan fingerprint density at radius 3 is 2.35 bits per heavy atom. The number of hydrogen-bond donors (Lipinski definition) is 0. The van der Waals surface area contributed by atoms with E-state index in [1.54, 1.807) is 12.1 Å². The fourth-order valence-electron chi connectivity index (χ4n) is 3.11. The molecular weight excluding hydrogens is 293 g/mol. The molecule has 110 valence electrons. The minimum absolute atomic E-state index is 0.292. The van der Waals surface area contributed by atoms with Crippen LogP contribution in [0.5, 0.6) is 0 Å². The summed E-state index contributed by atoms with van der Waals surface area (Å²) in [7, 11) is 4.02. The highest BCUT2D eigenvalue weighted by atomic mass is 35.5. The molecule has 1 aromatic carbocycles. The van der Waals surface area contributed by atoms with E-state index in [1.807, 2.05) is 20.2 Å². The first-order chi connectivity index (χ1) is 9.45. The van der Waals surface area contributed by atoms with E-state index in [0.29, 0.717) is 22.2 Å². The van der Waals surface area contributed by atoms with Gasteiger partial charge in [0.1, 0.15) is 0 Å². The summed E-state index contributed by atoms with van der Waals surface area (Å²) in [5, 5.41) is 1.04. The fraction of sp³-hybridized carbons (Fsp3) is 0.562. The number of carbonyl (C=O) groups is 1. The number of rotatable bonds is 4. The Morgan fingerprint density at radius 1 is 1.15 bits per heavy atom. The van der Waals surface area contributed by atoms with Gasteiger partial charge in [0.15, 0.2) is 5.78 Å². The molecule has 20 heavy (non-hydrogen) atoms. The van der Waals surface area contributed by atoms with E-state index in [0.717, 1.165) is 31.2 Å². The lowest BCUT2D eigenvalue weighted by molar-refractivity contribution is -0.131. The van der Waals surface area contributed by atoms with Gasteiger partial charge in [0.25, 0.3) is 0 Å². The third-order valence-corrected chi connectivity index (χ3v) is 5.14. The van der Waals surface area contributed by atoms with Crippen molar-refractivity contribution in [2.45, 2.75) is 44.1 Å². The quantitative estimate of drug-likeness (QED) is 0.822. The normalized spacial score (nSPS) is 18.2. The summed E-state index contributed by atoms with van der Waals surface area (Å²) in [5.74, 6) is 0.292. The molecule has 0 saturated heterocycles. The van der Waals surface area contributed by atoms with Gasteiger partial charge in [-0.3, -0.25) is 9.69 Å². The van der Waals surface area contributed by atoms with Crippen molar-refractivity contribution in [2.75, 3.05) is 14.1 Å². The second kappa shape index (κ2) is 6.46.